The van der Waals surface area contributed by atoms with Gasteiger partial charge >= 0.3 is 0 Å². The molecule has 0 radical (unpaired) electrons. The standard InChI is InChI=1S/C12H16N2O2.ClH/c1-9(15)14-11-4-2-10(3-5-11)12-8-16-7-6-13-12;/h2-5,12-13H,6-8H2,1H3,(H,14,15);1H/t12-;/m1./s1. The van der Waals surface area contributed by atoms with Crippen LogP contribution in [0.15, 0.2) is 24.3 Å². The Balaban J connectivity index is 0.00000144. The smallest absolute Gasteiger partial charge is 0.221 e. The van der Waals surface area contributed by atoms with Crippen LogP contribution in [-0.2, 0) is 9.53 Å². The number of carbonyl (C=O) groups excluding carboxylic acids is 1. The SMILES string of the molecule is CC(=O)Nc1ccc([C@H]2COCCN2)cc1.Cl. The van der Waals surface area contributed by atoms with Crippen LogP contribution in [0.2, 0.25) is 0 Å². The molecular formula is C12H17ClN2O2. The Labute approximate surface area is 107 Å². The van der Waals surface area contributed by atoms with Crippen molar-refractivity contribution in [2.24, 2.45) is 0 Å². The Morgan fingerprint density at radius 2 is 2.12 bits per heavy atom. The third kappa shape index (κ3) is 4.00. The molecule has 1 aromatic carbocycles. The van der Waals surface area contributed by atoms with Gasteiger partial charge in [-0.2, -0.15) is 0 Å². The predicted molar refractivity (Wildman–Crippen MR) is 69.6 cm³/mol. The van der Waals surface area contributed by atoms with Gasteiger partial charge in [-0.3, -0.25) is 4.79 Å². The Bertz CT molecular complexity index is 361. The van der Waals surface area contributed by atoms with Gasteiger partial charge in [0.2, 0.25) is 5.91 Å². The van der Waals surface area contributed by atoms with Gasteiger partial charge in [-0.05, 0) is 17.7 Å². The third-order valence-corrected chi connectivity index (χ3v) is 2.56. The van der Waals surface area contributed by atoms with Crippen molar-refractivity contribution < 1.29 is 9.53 Å². The van der Waals surface area contributed by atoms with Crippen molar-refractivity contribution in [3.8, 4) is 0 Å². The average molecular weight is 257 g/mol. The first-order valence-corrected chi connectivity index (χ1v) is 5.44. The first-order valence-electron chi connectivity index (χ1n) is 5.44. The summed E-state index contributed by atoms with van der Waals surface area (Å²) in [6.45, 7) is 3.88. The summed E-state index contributed by atoms with van der Waals surface area (Å²) in [7, 11) is 0. The Morgan fingerprint density at radius 3 is 2.65 bits per heavy atom. The van der Waals surface area contributed by atoms with Crippen LogP contribution >= 0.6 is 12.4 Å². The van der Waals surface area contributed by atoms with Crippen LogP contribution in [0.3, 0.4) is 0 Å². The molecule has 17 heavy (non-hydrogen) atoms. The highest BCUT2D eigenvalue weighted by atomic mass is 35.5. The molecule has 5 heteroatoms. The van der Waals surface area contributed by atoms with Crippen LogP contribution in [0, 0.1) is 0 Å². The van der Waals surface area contributed by atoms with Crippen molar-refractivity contribution in [3.63, 3.8) is 0 Å². The zero-order valence-corrected chi connectivity index (χ0v) is 10.5. The number of amides is 1. The summed E-state index contributed by atoms with van der Waals surface area (Å²) >= 11 is 0. The Morgan fingerprint density at radius 1 is 1.41 bits per heavy atom. The summed E-state index contributed by atoms with van der Waals surface area (Å²) < 4.78 is 5.40. The Kier molecular flexibility index (Phi) is 5.41. The normalized spacial score (nSPS) is 19.2. The van der Waals surface area contributed by atoms with Crippen LogP contribution < -0.4 is 10.6 Å². The molecular weight excluding hydrogens is 240 g/mol. The minimum Gasteiger partial charge on any atom is -0.378 e. The molecule has 4 nitrogen and oxygen atoms in total. The van der Waals surface area contributed by atoms with Crippen LogP contribution in [0.5, 0.6) is 0 Å². The highest BCUT2D eigenvalue weighted by Crippen LogP contribution is 2.18. The number of hydrogen-bond donors (Lipinski definition) is 2. The largest absolute Gasteiger partial charge is 0.378 e. The third-order valence-electron chi connectivity index (χ3n) is 2.56. The van der Waals surface area contributed by atoms with Crippen molar-refractivity contribution in [1.82, 2.24) is 5.32 Å². The van der Waals surface area contributed by atoms with Gasteiger partial charge in [0.25, 0.3) is 0 Å². The van der Waals surface area contributed by atoms with Crippen molar-refractivity contribution >= 4 is 24.0 Å². The number of benzene rings is 1. The minimum atomic E-state index is -0.0492. The molecule has 1 atom stereocenters. The van der Waals surface area contributed by atoms with Gasteiger partial charge in [0.1, 0.15) is 0 Å². The summed E-state index contributed by atoms with van der Waals surface area (Å²) in [6, 6.07) is 8.11. The topological polar surface area (TPSA) is 50.4 Å². The van der Waals surface area contributed by atoms with Gasteiger partial charge in [-0.1, -0.05) is 12.1 Å². The van der Waals surface area contributed by atoms with Gasteiger partial charge in [-0.25, -0.2) is 0 Å². The maximum Gasteiger partial charge on any atom is 0.221 e. The van der Waals surface area contributed by atoms with E-state index < -0.39 is 0 Å². The average Bonchev–Trinajstić information content (AvgIpc) is 2.30. The molecule has 1 amide bonds. The summed E-state index contributed by atoms with van der Waals surface area (Å²) in [4.78, 5) is 10.9. The lowest BCUT2D eigenvalue weighted by molar-refractivity contribution is -0.114. The monoisotopic (exact) mass is 256 g/mol. The number of morpholine rings is 1. The van der Waals surface area contributed by atoms with Gasteiger partial charge in [0.15, 0.2) is 0 Å². The van der Waals surface area contributed by atoms with Crippen molar-refractivity contribution in [3.05, 3.63) is 29.8 Å². The summed E-state index contributed by atoms with van der Waals surface area (Å²) in [6.07, 6.45) is 0. The van der Waals surface area contributed by atoms with E-state index >= 15 is 0 Å². The van der Waals surface area contributed by atoms with Gasteiger partial charge in [-0.15, -0.1) is 12.4 Å². The van der Waals surface area contributed by atoms with E-state index in [0.29, 0.717) is 6.61 Å². The first-order chi connectivity index (χ1) is 7.75. The molecule has 1 aromatic rings. The molecule has 2 N–H and O–H groups in total. The minimum absolute atomic E-state index is 0. The van der Waals surface area contributed by atoms with E-state index in [1.807, 2.05) is 24.3 Å². The maximum absolute atomic E-state index is 10.9. The van der Waals surface area contributed by atoms with E-state index in [-0.39, 0.29) is 24.4 Å². The van der Waals surface area contributed by atoms with E-state index in [9.17, 15) is 4.79 Å². The molecule has 1 saturated heterocycles. The fourth-order valence-corrected chi connectivity index (χ4v) is 1.78. The molecule has 1 heterocycles. The highest BCUT2D eigenvalue weighted by molar-refractivity contribution is 5.88. The number of ether oxygens (including phenoxy) is 1. The van der Waals surface area contributed by atoms with Gasteiger partial charge < -0.3 is 15.4 Å². The second-order valence-electron chi connectivity index (χ2n) is 3.88. The lowest BCUT2D eigenvalue weighted by atomic mass is 10.1. The van der Waals surface area contributed by atoms with Gasteiger partial charge in [0, 0.05) is 19.2 Å². The number of halogens is 1. The molecule has 94 valence electrons. The zero-order chi connectivity index (χ0) is 11.4. The predicted octanol–water partition coefficient (Wildman–Crippen LogP) is 1.73. The van der Waals surface area contributed by atoms with E-state index in [1.165, 1.54) is 12.5 Å². The molecule has 0 bridgehead atoms. The zero-order valence-electron chi connectivity index (χ0n) is 9.73. The quantitative estimate of drug-likeness (QED) is 0.847. The first kappa shape index (κ1) is 14.0. The number of nitrogens with one attached hydrogen (secondary N) is 2. The fraction of sp³-hybridized carbons (Fsp3) is 0.417. The van der Waals surface area contributed by atoms with E-state index in [4.69, 9.17) is 4.74 Å². The molecule has 2 rings (SSSR count). The van der Waals surface area contributed by atoms with E-state index in [2.05, 4.69) is 10.6 Å². The van der Waals surface area contributed by atoms with Crippen molar-refractivity contribution in [1.29, 1.82) is 0 Å². The van der Waals surface area contributed by atoms with Crippen LogP contribution in [0.25, 0.3) is 0 Å². The number of hydrogen-bond acceptors (Lipinski definition) is 3. The lowest BCUT2D eigenvalue weighted by Gasteiger charge is -2.24. The summed E-state index contributed by atoms with van der Waals surface area (Å²) in [5.41, 5.74) is 2.02. The molecule has 1 fully saturated rings. The van der Waals surface area contributed by atoms with Gasteiger partial charge in [0.05, 0.1) is 19.3 Å². The second kappa shape index (κ2) is 6.59. The van der Waals surface area contributed by atoms with E-state index in [0.717, 1.165) is 18.8 Å². The number of anilines is 1. The summed E-state index contributed by atoms with van der Waals surface area (Å²) in [5.74, 6) is -0.0492. The van der Waals surface area contributed by atoms with Crippen LogP contribution in [0.4, 0.5) is 5.69 Å². The lowest BCUT2D eigenvalue weighted by Crippen LogP contribution is -2.34. The molecule has 1 aliphatic rings. The van der Waals surface area contributed by atoms with Crippen molar-refractivity contribution in [2.45, 2.75) is 13.0 Å². The molecule has 1 aliphatic heterocycles. The molecule has 0 aliphatic carbocycles. The maximum atomic E-state index is 10.9. The number of rotatable bonds is 2. The van der Waals surface area contributed by atoms with Crippen LogP contribution in [0.1, 0.15) is 18.5 Å². The van der Waals surface area contributed by atoms with Crippen molar-refractivity contribution in [2.75, 3.05) is 25.1 Å². The molecule has 0 aromatic heterocycles. The fourth-order valence-electron chi connectivity index (χ4n) is 1.78. The van der Waals surface area contributed by atoms with Crippen LogP contribution in [-0.4, -0.2) is 25.7 Å². The molecule has 0 saturated carbocycles. The second-order valence-corrected chi connectivity index (χ2v) is 3.88. The Hall–Kier alpha value is -1.10. The number of carbonyl (C=O) groups is 1. The molecule has 0 spiro atoms. The molecule has 0 unspecified atom stereocenters. The summed E-state index contributed by atoms with van der Waals surface area (Å²) in [5, 5.41) is 6.13. The van der Waals surface area contributed by atoms with E-state index in [1.54, 1.807) is 0 Å². The highest BCUT2D eigenvalue weighted by Gasteiger charge is 2.14.